The summed E-state index contributed by atoms with van der Waals surface area (Å²) >= 11 is 1.68. The Labute approximate surface area is 215 Å². The van der Waals surface area contributed by atoms with E-state index in [4.69, 9.17) is 0 Å². The van der Waals surface area contributed by atoms with Crippen LogP contribution in [0.4, 0.5) is 0 Å². The van der Waals surface area contributed by atoms with Gasteiger partial charge in [-0.05, 0) is 49.8 Å². The average Bonchev–Trinajstić information content (AvgIpc) is 3.31. The number of aryl methyl sites for hydroxylation is 1. The van der Waals surface area contributed by atoms with Crippen molar-refractivity contribution in [1.29, 1.82) is 0 Å². The van der Waals surface area contributed by atoms with Crippen molar-refractivity contribution >= 4 is 29.5 Å². The van der Waals surface area contributed by atoms with E-state index in [1.807, 2.05) is 49.6 Å². The summed E-state index contributed by atoms with van der Waals surface area (Å²) in [4.78, 5) is 41.6. The smallest absolute Gasteiger partial charge is 0.272 e. The fourth-order valence-corrected chi connectivity index (χ4v) is 4.53. The average molecular weight is 506 g/mol. The van der Waals surface area contributed by atoms with Crippen molar-refractivity contribution < 1.29 is 14.4 Å². The van der Waals surface area contributed by atoms with E-state index in [0.29, 0.717) is 25.2 Å². The topological polar surface area (TPSA) is 96.3 Å². The predicted octanol–water partition coefficient (Wildman–Crippen LogP) is 3.05. The molecule has 1 aromatic heterocycles. The monoisotopic (exact) mass is 505 g/mol. The zero-order valence-electron chi connectivity index (χ0n) is 21.0. The lowest BCUT2D eigenvalue weighted by atomic mass is 9.95. The number of thioether (sulfide) groups is 1. The Bertz CT molecular complexity index is 1270. The summed E-state index contributed by atoms with van der Waals surface area (Å²) in [6.07, 6.45) is 2.72. The SMILES string of the molecule is CSc1ccc(CCNC(=O)c2cc3n(n2)C[C@](C)(C(=O)NCc2ccc(C)cc2)N(C)C3=O)cc1. The van der Waals surface area contributed by atoms with Gasteiger partial charge >= 0.3 is 0 Å². The Hall–Kier alpha value is -3.59. The van der Waals surface area contributed by atoms with Gasteiger partial charge in [-0.2, -0.15) is 5.10 Å². The van der Waals surface area contributed by atoms with Crippen LogP contribution in [0.25, 0.3) is 0 Å². The van der Waals surface area contributed by atoms with Crippen molar-refractivity contribution in [2.75, 3.05) is 19.8 Å². The van der Waals surface area contributed by atoms with Gasteiger partial charge in [-0.1, -0.05) is 42.0 Å². The van der Waals surface area contributed by atoms with Gasteiger partial charge in [0.15, 0.2) is 5.69 Å². The van der Waals surface area contributed by atoms with Gasteiger partial charge in [0.2, 0.25) is 5.91 Å². The fourth-order valence-electron chi connectivity index (χ4n) is 4.12. The number of amides is 3. The number of hydrogen-bond acceptors (Lipinski definition) is 5. The van der Waals surface area contributed by atoms with E-state index in [1.54, 1.807) is 25.7 Å². The van der Waals surface area contributed by atoms with E-state index in [0.717, 1.165) is 16.7 Å². The van der Waals surface area contributed by atoms with Crippen LogP contribution in [0.3, 0.4) is 0 Å². The highest BCUT2D eigenvalue weighted by Crippen LogP contribution is 2.26. The first kappa shape index (κ1) is 25.5. The number of likely N-dealkylation sites (N-methyl/N-ethyl adjacent to an activating group) is 1. The minimum absolute atomic E-state index is 0.152. The molecule has 0 unspecified atom stereocenters. The number of nitrogens with zero attached hydrogens (tertiary/aromatic N) is 3. The van der Waals surface area contributed by atoms with Crippen molar-refractivity contribution in [2.24, 2.45) is 0 Å². The van der Waals surface area contributed by atoms with Gasteiger partial charge in [0, 0.05) is 31.1 Å². The zero-order valence-corrected chi connectivity index (χ0v) is 21.8. The molecular formula is C27H31N5O3S. The quantitative estimate of drug-likeness (QED) is 0.459. The Morgan fingerprint density at radius 3 is 2.39 bits per heavy atom. The second-order valence-corrected chi connectivity index (χ2v) is 10.1. The summed E-state index contributed by atoms with van der Waals surface area (Å²) in [5.74, 6) is -0.980. The van der Waals surface area contributed by atoms with E-state index in [9.17, 15) is 14.4 Å². The lowest BCUT2D eigenvalue weighted by Gasteiger charge is -2.40. The number of nitrogens with one attached hydrogen (secondary N) is 2. The standard InChI is InChI=1S/C27H31N5O3S/c1-18-5-7-20(8-6-18)16-29-26(35)27(2)17-32-23(25(34)31(27)3)15-22(30-32)24(33)28-14-13-19-9-11-21(36-4)12-10-19/h5-12,15H,13-14,16-17H2,1-4H3,(H,28,33)(H,29,35)/t27-/m1/s1. The summed E-state index contributed by atoms with van der Waals surface area (Å²) in [7, 11) is 1.60. The summed E-state index contributed by atoms with van der Waals surface area (Å²) in [6, 6.07) is 17.6. The second kappa shape index (κ2) is 10.6. The number of carbonyl (C=O) groups is 3. The molecule has 0 saturated carbocycles. The molecule has 1 aliphatic heterocycles. The van der Waals surface area contributed by atoms with E-state index in [-0.39, 0.29) is 30.0 Å². The molecule has 4 rings (SSSR count). The minimum atomic E-state index is -1.14. The molecule has 9 heteroatoms. The summed E-state index contributed by atoms with van der Waals surface area (Å²) in [5, 5.41) is 10.2. The molecule has 0 aliphatic carbocycles. The molecule has 0 saturated heterocycles. The van der Waals surface area contributed by atoms with Gasteiger partial charge in [0.25, 0.3) is 11.8 Å². The van der Waals surface area contributed by atoms with Gasteiger partial charge in [0.05, 0.1) is 6.54 Å². The molecular weight excluding hydrogens is 474 g/mol. The van der Waals surface area contributed by atoms with Crippen molar-refractivity contribution in [3.63, 3.8) is 0 Å². The maximum absolute atomic E-state index is 13.2. The van der Waals surface area contributed by atoms with E-state index in [2.05, 4.69) is 27.9 Å². The van der Waals surface area contributed by atoms with Crippen LogP contribution in [0.5, 0.6) is 0 Å². The molecule has 8 nitrogen and oxygen atoms in total. The summed E-state index contributed by atoms with van der Waals surface area (Å²) < 4.78 is 1.46. The molecule has 36 heavy (non-hydrogen) atoms. The summed E-state index contributed by atoms with van der Waals surface area (Å²) in [6.45, 7) is 4.68. The van der Waals surface area contributed by atoms with E-state index < -0.39 is 5.54 Å². The van der Waals surface area contributed by atoms with Gasteiger partial charge in [-0.25, -0.2) is 0 Å². The summed E-state index contributed by atoms with van der Waals surface area (Å²) in [5.41, 5.74) is 2.55. The maximum atomic E-state index is 13.2. The molecule has 3 aromatic rings. The minimum Gasteiger partial charge on any atom is -0.350 e. The first-order chi connectivity index (χ1) is 17.2. The molecule has 1 atom stereocenters. The molecule has 3 amide bonds. The lowest BCUT2D eigenvalue weighted by Crippen LogP contribution is -2.62. The third kappa shape index (κ3) is 5.31. The van der Waals surface area contributed by atoms with Crippen LogP contribution in [0.2, 0.25) is 0 Å². The van der Waals surface area contributed by atoms with Gasteiger partial charge in [0.1, 0.15) is 11.2 Å². The molecule has 0 bridgehead atoms. The normalized spacial score (nSPS) is 17.0. The van der Waals surface area contributed by atoms with E-state index in [1.165, 1.54) is 20.5 Å². The Morgan fingerprint density at radius 2 is 1.72 bits per heavy atom. The largest absolute Gasteiger partial charge is 0.350 e. The number of aromatic nitrogens is 2. The Morgan fingerprint density at radius 1 is 1.06 bits per heavy atom. The first-order valence-electron chi connectivity index (χ1n) is 11.8. The fraction of sp³-hybridized carbons (Fsp3) is 0.333. The highest BCUT2D eigenvalue weighted by Gasteiger charge is 2.46. The molecule has 2 aromatic carbocycles. The van der Waals surface area contributed by atoms with Gasteiger partial charge in [-0.15, -0.1) is 11.8 Å². The van der Waals surface area contributed by atoms with E-state index >= 15 is 0 Å². The second-order valence-electron chi connectivity index (χ2n) is 9.23. The van der Waals surface area contributed by atoms with Crippen molar-refractivity contribution in [3.05, 3.63) is 82.7 Å². The zero-order chi connectivity index (χ0) is 25.9. The van der Waals surface area contributed by atoms with Crippen molar-refractivity contribution in [2.45, 2.75) is 43.8 Å². The van der Waals surface area contributed by atoms with Crippen LogP contribution < -0.4 is 10.6 Å². The van der Waals surface area contributed by atoms with Crippen LogP contribution in [-0.4, -0.2) is 57.8 Å². The molecule has 2 N–H and O–H groups in total. The van der Waals surface area contributed by atoms with Gasteiger partial charge < -0.3 is 15.5 Å². The Kier molecular flexibility index (Phi) is 7.49. The lowest BCUT2D eigenvalue weighted by molar-refractivity contribution is -0.132. The van der Waals surface area contributed by atoms with Crippen molar-refractivity contribution in [3.8, 4) is 0 Å². The molecule has 0 fully saturated rings. The van der Waals surface area contributed by atoms with Gasteiger partial charge in [-0.3, -0.25) is 19.1 Å². The first-order valence-corrected chi connectivity index (χ1v) is 13.0. The number of fused-ring (bicyclic) bond motifs is 1. The van der Waals surface area contributed by atoms with Crippen LogP contribution >= 0.6 is 11.8 Å². The molecule has 2 heterocycles. The van der Waals surface area contributed by atoms with Crippen LogP contribution in [-0.2, 0) is 24.3 Å². The van der Waals surface area contributed by atoms with Crippen molar-refractivity contribution in [1.82, 2.24) is 25.3 Å². The van der Waals surface area contributed by atoms with Crippen LogP contribution in [0, 0.1) is 6.92 Å². The number of carbonyl (C=O) groups excluding carboxylic acids is 3. The highest BCUT2D eigenvalue weighted by atomic mass is 32.2. The number of rotatable bonds is 8. The molecule has 1 aliphatic rings. The highest BCUT2D eigenvalue weighted by molar-refractivity contribution is 7.98. The predicted molar refractivity (Wildman–Crippen MR) is 140 cm³/mol. The molecule has 0 spiro atoms. The third-order valence-electron chi connectivity index (χ3n) is 6.66. The maximum Gasteiger partial charge on any atom is 0.272 e. The third-order valence-corrected chi connectivity index (χ3v) is 7.40. The van der Waals surface area contributed by atoms with Crippen LogP contribution in [0.15, 0.2) is 59.5 Å². The molecule has 188 valence electrons. The molecule has 0 radical (unpaired) electrons. The van der Waals surface area contributed by atoms with Crippen LogP contribution in [0.1, 0.15) is 44.6 Å². The number of benzene rings is 2. The number of hydrogen-bond donors (Lipinski definition) is 2. The Balaban J connectivity index is 1.40.